The summed E-state index contributed by atoms with van der Waals surface area (Å²) < 4.78 is 0.969. The van der Waals surface area contributed by atoms with Gasteiger partial charge in [-0.15, -0.1) is 0 Å². The molecule has 0 heterocycles. The predicted molar refractivity (Wildman–Crippen MR) is 84.1 cm³/mol. The Hall–Kier alpha value is -0.740. The van der Waals surface area contributed by atoms with E-state index in [-0.39, 0.29) is 12.6 Å². The van der Waals surface area contributed by atoms with Gasteiger partial charge in [0, 0.05) is 20.2 Å². The van der Waals surface area contributed by atoms with Gasteiger partial charge in [0.1, 0.15) is 0 Å². The normalized spacial score (nSPS) is 12.2. The smallest absolute Gasteiger partial charge is 0.0759 e. The lowest BCUT2D eigenvalue weighted by molar-refractivity contribution is 0.276. The molecule has 1 atom stereocenters. The van der Waals surface area contributed by atoms with Crippen LogP contribution in [0, 0.1) is 0 Å². The minimum Gasteiger partial charge on any atom is -0.394 e. The third-order valence-electron chi connectivity index (χ3n) is 2.69. The van der Waals surface area contributed by atoms with E-state index in [4.69, 9.17) is 23.2 Å². The fourth-order valence-corrected chi connectivity index (χ4v) is 2.72. The minimum absolute atomic E-state index is 0.0616. The Balaban J connectivity index is 2.25. The lowest BCUT2D eigenvalue weighted by atomic mass is 10.1. The van der Waals surface area contributed by atoms with Crippen molar-refractivity contribution in [3.8, 4) is 0 Å². The lowest BCUT2D eigenvalue weighted by Crippen LogP contribution is -2.15. The van der Waals surface area contributed by atoms with Crippen LogP contribution in [0.5, 0.6) is 0 Å². The highest BCUT2D eigenvalue weighted by molar-refractivity contribution is 9.10. The molecule has 0 aliphatic heterocycles. The van der Waals surface area contributed by atoms with Gasteiger partial charge in [0.15, 0.2) is 0 Å². The van der Waals surface area contributed by atoms with Crippen LogP contribution in [0.2, 0.25) is 10.0 Å². The molecule has 0 aliphatic carbocycles. The zero-order valence-electron chi connectivity index (χ0n) is 9.91. The van der Waals surface area contributed by atoms with Crippen molar-refractivity contribution in [1.82, 2.24) is 0 Å². The average Bonchev–Trinajstić information content (AvgIpc) is 2.37. The Morgan fingerprint density at radius 2 is 1.95 bits per heavy atom. The summed E-state index contributed by atoms with van der Waals surface area (Å²) in [4.78, 5) is 0. The highest BCUT2D eigenvalue weighted by Crippen LogP contribution is 2.29. The number of halogens is 3. The fraction of sp³-hybridized carbons (Fsp3) is 0.143. The molecule has 19 heavy (non-hydrogen) atoms. The van der Waals surface area contributed by atoms with Crippen LogP contribution >= 0.6 is 39.1 Å². The fourth-order valence-electron chi connectivity index (χ4n) is 1.79. The molecule has 0 amide bonds. The summed E-state index contributed by atoms with van der Waals surface area (Å²) >= 11 is 15.4. The Labute approximate surface area is 130 Å². The van der Waals surface area contributed by atoms with Crippen molar-refractivity contribution >= 4 is 44.8 Å². The molecule has 0 radical (unpaired) electrons. The first kappa shape index (κ1) is 14.7. The molecule has 1 unspecified atom stereocenters. The van der Waals surface area contributed by atoms with Crippen LogP contribution in [0.25, 0.3) is 0 Å². The van der Waals surface area contributed by atoms with Crippen molar-refractivity contribution in [3.05, 3.63) is 62.5 Å². The van der Waals surface area contributed by atoms with Crippen molar-refractivity contribution in [2.45, 2.75) is 6.04 Å². The van der Waals surface area contributed by atoms with E-state index in [1.54, 1.807) is 12.1 Å². The molecule has 0 spiro atoms. The molecule has 0 aliphatic rings. The number of rotatable bonds is 4. The van der Waals surface area contributed by atoms with Gasteiger partial charge < -0.3 is 10.4 Å². The van der Waals surface area contributed by atoms with Gasteiger partial charge in [0.05, 0.1) is 12.6 Å². The summed E-state index contributed by atoms with van der Waals surface area (Å²) in [5.74, 6) is 0. The predicted octanol–water partition coefficient (Wildman–Crippen LogP) is 4.90. The topological polar surface area (TPSA) is 32.3 Å². The van der Waals surface area contributed by atoms with Gasteiger partial charge in [-0.05, 0) is 35.9 Å². The maximum absolute atomic E-state index is 9.54. The summed E-state index contributed by atoms with van der Waals surface area (Å²) in [6, 6.07) is 12.7. The Bertz CT molecular complexity index is 577. The minimum atomic E-state index is -0.279. The zero-order valence-corrected chi connectivity index (χ0v) is 13.0. The number of hydrogen-bond donors (Lipinski definition) is 2. The first-order chi connectivity index (χ1) is 9.10. The molecule has 2 aromatic rings. The SMILES string of the molecule is OCC(Nc1cccc(Br)c1)c1ccc(Cl)cc1Cl. The Morgan fingerprint density at radius 1 is 1.16 bits per heavy atom. The molecule has 2 nitrogen and oxygen atoms in total. The van der Waals surface area contributed by atoms with Crippen LogP contribution < -0.4 is 5.32 Å². The number of aliphatic hydroxyl groups excluding tert-OH is 1. The Kier molecular flexibility index (Phi) is 5.11. The van der Waals surface area contributed by atoms with E-state index in [0.717, 1.165) is 15.7 Å². The molecular weight excluding hydrogens is 349 g/mol. The molecule has 0 aromatic heterocycles. The number of aliphatic hydroxyl groups is 1. The van der Waals surface area contributed by atoms with Gasteiger partial charge in [0.25, 0.3) is 0 Å². The lowest BCUT2D eigenvalue weighted by Gasteiger charge is -2.19. The van der Waals surface area contributed by atoms with E-state index >= 15 is 0 Å². The van der Waals surface area contributed by atoms with E-state index in [9.17, 15) is 5.11 Å². The van der Waals surface area contributed by atoms with Crippen LogP contribution in [0.15, 0.2) is 46.9 Å². The van der Waals surface area contributed by atoms with Gasteiger partial charge in [0.2, 0.25) is 0 Å². The first-order valence-corrected chi connectivity index (χ1v) is 7.23. The molecule has 100 valence electrons. The van der Waals surface area contributed by atoms with Gasteiger partial charge >= 0.3 is 0 Å². The largest absolute Gasteiger partial charge is 0.394 e. The molecule has 2 aromatic carbocycles. The van der Waals surface area contributed by atoms with Crippen molar-refractivity contribution < 1.29 is 5.11 Å². The monoisotopic (exact) mass is 359 g/mol. The van der Waals surface area contributed by atoms with Crippen molar-refractivity contribution in [1.29, 1.82) is 0 Å². The number of nitrogens with one attached hydrogen (secondary N) is 1. The molecule has 5 heteroatoms. The van der Waals surface area contributed by atoms with Crippen LogP contribution in [0.3, 0.4) is 0 Å². The van der Waals surface area contributed by atoms with Gasteiger partial charge in [-0.25, -0.2) is 0 Å². The number of benzene rings is 2. The van der Waals surface area contributed by atoms with Crippen LogP contribution in [-0.2, 0) is 0 Å². The molecule has 2 rings (SSSR count). The molecule has 0 saturated carbocycles. The quantitative estimate of drug-likeness (QED) is 0.812. The van der Waals surface area contributed by atoms with Crippen LogP contribution in [-0.4, -0.2) is 11.7 Å². The molecule has 0 fully saturated rings. The maximum Gasteiger partial charge on any atom is 0.0759 e. The van der Waals surface area contributed by atoms with Gasteiger partial charge in [-0.3, -0.25) is 0 Å². The molecule has 2 N–H and O–H groups in total. The second-order valence-corrected chi connectivity index (χ2v) is 5.81. The number of hydrogen-bond acceptors (Lipinski definition) is 2. The van der Waals surface area contributed by atoms with E-state index in [0.29, 0.717) is 10.0 Å². The average molecular weight is 361 g/mol. The maximum atomic E-state index is 9.54. The van der Waals surface area contributed by atoms with E-state index < -0.39 is 0 Å². The summed E-state index contributed by atoms with van der Waals surface area (Å²) in [5, 5.41) is 13.9. The second kappa shape index (κ2) is 6.62. The molecule has 0 bridgehead atoms. The van der Waals surface area contributed by atoms with Crippen LogP contribution in [0.1, 0.15) is 11.6 Å². The Morgan fingerprint density at radius 3 is 2.58 bits per heavy atom. The van der Waals surface area contributed by atoms with E-state index in [1.165, 1.54) is 0 Å². The zero-order chi connectivity index (χ0) is 13.8. The highest BCUT2D eigenvalue weighted by Gasteiger charge is 2.14. The van der Waals surface area contributed by atoms with Crippen molar-refractivity contribution in [2.75, 3.05) is 11.9 Å². The summed E-state index contributed by atoms with van der Waals surface area (Å²) in [6.07, 6.45) is 0. The first-order valence-electron chi connectivity index (χ1n) is 5.68. The molecular formula is C14H12BrCl2NO. The van der Waals surface area contributed by atoms with E-state index in [2.05, 4.69) is 21.2 Å². The summed E-state index contributed by atoms with van der Waals surface area (Å²) in [5.41, 5.74) is 1.72. The number of anilines is 1. The summed E-state index contributed by atoms with van der Waals surface area (Å²) in [6.45, 7) is -0.0616. The third kappa shape index (κ3) is 3.86. The van der Waals surface area contributed by atoms with Crippen molar-refractivity contribution in [3.63, 3.8) is 0 Å². The standard InChI is InChI=1S/C14H12BrCl2NO/c15-9-2-1-3-11(6-9)18-14(8-19)12-5-4-10(16)7-13(12)17/h1-7,14,18-19H,8H2. The van der Waals surface area contributed by atoms with Crippen LogP contribution in [0.4, 0.5) is 5.69 Å². The summed E-state index contributed by atoms with van der Waals surface area (Å²) in [7, 11) is 0. The van der Waals surface area contributed by atoms with Crippen molar-refractivity contribution in [2.24, 2.45) is 0 Å². The van der Waals surface area contributed by atoms with Gasteiger partial charge in [-0.2, -0.15) is 0 Å². The van der Waals surface area contributed by atoms with E-state index in [1.807, 2.05) is 30.3 Å². The van der Waals surface area contributed by atoms with Gasteiger partial charge in [-0.1, -0.05) is 51.3 Å². The third-order valence-corrected chi connectivity index (χ3v) is 3.74. The second-order valence-electron chi connectivity index (χ2n) is 4.06. The highest BCUT2D eigenvalue weighted by atomic mass is 79.9. The molecule has 0 saturated heterocycles.